The maximum absolute atomic E-state index is 14.8. The Morgan fingerprint density at radius 2 is 0.667 bits per heavy atom. The molecule has 5 aromatic carbocycles. The van der Waals surface area contributed by atoms with Gasteiger partial charge in [0, 0.05) is 22.3 Å². The lowest BCUT2D eigenvalue weighted by atomic mass is 9.98. The van der Waals surface area contributed by atoms with Crippen LogP contribution in [0.4, 0.5) is 0 Å². The Kier molecular flexibility index (Phi) is 13.5. The molecule has 0 N–H and O–H groups in total. The van der Waals surface area contributed by atoms with Crippen LogP contribution in [0.2, 0.25) is 0 Å². The van der Waals surface area contributed by atoms with E-state index in [9.17, 15) is 4.79 Å². The predicted octanol–water partition coefficient (Wildman–Crippen LogP) is 16.2. The summed E-state index contributed by atoms with van der Waals surface area (Å²) in [5.74, 6) is 0. The van der Waals surface area contributed by atoms with Crippen molar-refractivity contribution in [3.63, 3.8) is 0 Å². The molecule has 0 radical (unpaired) electrons. The van der Waals surface area contributed by atoms with E-state index in [0.717, 1.165) is 46.2 Å². The monoisotopic (exact) mass is 716 g/mol. The summed E-state index contributed by atoms with van der Waals surface area (Å²) in [7, 11) is 0. The van der Waals surface area contributed by atoms with Crippen LogP contribution < -0.4 is 5.43 Å². The summed E-state index contributed by atoms with van der Waals surface area (Å²) in [6.45, 7) is 4.58. The first kappa shape index (κ1) is 38.3. The normalized spacial score (nSPS) is 12.1. The van der Waals surface area contributed by atoms with E-state index in [1.54, 1.807) is 0 Å². The minimum absolute atomic E-state index is 0.171. The van der Waals surface area contributed by atoms with Crippen molar-refractivity contribution < 1.29 is 0 Å². The van der Waals surface area contributed by atoms with Crippen LogP contribution in [0.3, 0.4) is 0 Å². The molecule has 0 saturated carbocycles. The molecule has 0 heterocycles. The molecule has 5 aromatic rings. The highest BCUT2D eigenvalue weighted by molar-refractivity contribution is 6.34. The van der Waals surface area contributed by atoms with E-state index in [1.807, 2.05) is 0 Å². The van der Waals surface area contributed by atoms with Gasteiger partial charge in [0.1, 0.15) is 0 Å². The summed E-state index contributed by atoms with van der Waals surface area (Å²) in [4.78, 5) is 14.8. The molecule has 0 atom stereocenters. The molecule has 1 nitrogen and oxygen atoms in total. The van der Waals surface area contributed by atoms with Gasteiger partial charge in [0.05, 0.1) is 0 Å². The van der Waals surface area contributed by atoms with Gasteiger partial charge >= 0.3 is 0 Å². The van der Waals surface area contributed by atoms with Crippen molar-refractivity contribution in [3.8, 4) is 33.4 Å². The summed E-state index contributed by atoms with van der Waals surface area (Å²) in [6, 6.07) is 31.5. The minimum Gasteiger partial charge on any atom is -0.289 e. The number of hydrogen-bond acceptors (Lipinski definition) is 1. The quantitative estimate of drug-likeness (QED) is 0.0569. The lowest BCUT2D eigenvalue weighted by Gasteiger charge is -2.06. The second-order valence-corrected chi connectivity index (χ2v) is 16.6. The molecule has 0 amide bonds. The summed E-state index contributed by atoms with van der Waals surface area (Å²) in [6.07, 6.45) is 29.4. The fraction of sp³-hybridized carbons (Fsp3) is 0.453. The zero-order valence-corrected chi connectivity index (χ0v) is 33.5. The third-order valence-electron chi connectivity index (χ3n) is 12.5. The van der Waals surface area contributed by atoms with E-state index in [0.29, 0.717) is 0 Å². The van der Waals surface area contributed by atoms with E-state index in [-0.39, 0.29) is 5.43 Å². The Bertz CT molecular complexity index is 2000. The van der Waals surface area contributed by atoms with Gasteiger partial charge in [-0.25, -0.2) is 0 Å². The second-order valence-electron chi connectivity index (χ2n) is 16.6. The van der Waals surface area contributed by atoms with Gasteiger partial charge in [0.25, 0.3) is 0 Å². The molecule has 7 rings (SSSR count). The van der Waals surface area contributed by atoms with Crippen molar-refractivity contribution >= 4 is 32.3 Å². The van der Waals surface area contributed by atoms with Crippen molar-refractivity contribution in [2.75, 3.05) is 0 Å². The zero-order valence-electron chi connectivity index (χ0n) is 33.5. The number of unbranched alkanes of at least 4 members (excludes halogenated alkanes) is 18. The topological polar surface area (TPSA) is 17.1 Å². The lowest BCUT2D eigenvalue weighted by Crippen LogP contribution is -2.02. The molecular weight excluding hydrogens is 653 g/mol. The molecule has 0 saturated heterocycles. The van der Waals surface area contributed by atoms with Gasteiger partial charge in [-0.05, 0) is 80.3 Å². The molecule has 2 aliphatic rings. The SMILES string of the molecule is CCCCCCCCCCCCc1ccc(-c2c3c4ccc5ccc6ccc(c-3c(-c3ccc(CCCCCCCCCCCC)cc3)c2=O)c4c56)cc1. The Balaban J connectivity index is 1.07. The zero-order chi connectivity index (χ0) is 37.1. The molecule has 0 aliphatic heterocycles. The largest absolute Gasteiger partial charge is 0.289 e. The van der Waals surface area contributed by atoms with Crippen molar-refractivity contribution in [1.82, 2.24) is 0 Å². The number of fused-ring (bicyclic) bond motifs is 3. The van der Waals surface area contributed by atoms with Crippen LogP contribution in [-0.2, 0) is 12.8 Å². The van der Waals surface area contributed by atoms with Crippen LogP contribution in [-0.4, -0.2) is 0 Å². The van der Waals surface area contributed by atoms with Crippen molar-refractivity contribution in [3.05, 3.63) is 106 Å². The van der Waals surface area contributed by atoms with E-state index in [4.69, 9.17) is 0 Å². The van der Waals surface area contributed by atoms with E-state index in [2.05, 4.69) is 98.8 Å². The van der Waals surface area contributed by atoms with Crippen LogP contribution in [0.1, 0.15) is 153 Å². The third kappa shape index (κ3) is 8.62. The van der Waals surface area contributed by atoms with Gasteiger partial charge in [-0.15, -0.1) is 0 Å². The van der Waals surface area contributed by atoms with Crippen LogP contribution in [0.25, 0.3) is 65.7 Å². The maximum Gasteiger partial charge on any atom is 0.195 e. The first-order valence-electron chi connectivity index (χ1n) is 22.2. The number of hydrogen-bond donors (Lipinski definition) is 0. The van der Waals surface area contributed by atoms with Gasteiger partial charge in [-0.3, -0.25) is 4.79 Å². The molecule has 2 aliphatic carbocycles. The first-order chi connectivity index (χ1) is 26.7. The van der Waals surface area contributed by atoms with Crippen LogP contribution in [0.5, 0.6) is 0 Å². The molecule has 282 valence electrons. The Morgan fingerprint density at radius 1 is 0.333 bits per heavy atom. The van der Waals surface area contributed by atoms with E-state index < -0.39 is 0 Å². The molecular formula is C53H64O. The van der Waals surface area contributed by atoms with E-state index >= 15 is 0 Å². The molecule has 1 heteroatoms. The lowest BCUT2D eigenvalue weighted by molar-refractivity contribution is 0.556. The standard InChI is InChI=1S/C53H64O/c1-3-5-7-9-11-13-15-17-19-21-23-39-25-29-43(30-26-39)48-51-45-37-35-41-33-34-42-36-38-46(50(45)47(41)42)52(51)49(53(48)54)44-31-27-40(28-32-44)24-22-20-18-16-14-12-10-8-6-4-2/h25-38H,3-24H2,1-2H3. The van der Waals surface area contributed by atoms with Crippen LogP contribution in [0, 0.1) is 0 Å². The van der Waals surface area contributed by atoms with Crippen molar-refractivity contribution in [1.29, 1.82) is 0 Å². The fourth-order valence-electron chi connectivity index (χ4n) is 9.42. The molecule has 0 fully saturated rings. The average molecular weight is 717 g/mol. The number of aryl methyl sites for hydroxylation is 2. The van der Waals surface area contributed by atoms with Crippen LogP contribution >= 0.6 is 0 Å². The summed E-state index contributed by atoms with van der Waals surface area (Å²) >= 11 is 0. The molecule has 0 aromatic heterocycles. The van der Waals surface area contributed by atoms with Gasteiger partial charge in [-0.1, -0.05) is 214 Å². The second kappa shape index (κ2) is 19.1. The van der Waals surface area contributed by atoms with Gasteiger partial charge in [-0.2, -0.15) is 0 Å². The highest BCUT2D eigenvalue weighted by Crippen LogP contribution is 2.52. The van der Waals surface area contributed by atoms with Crippen molar-refractivity contribution in [2.24, 2.45) is 0 Å². The predicted molar refractivity (Wildman–Crippen MR) is 237 cm³/mol. The smallest absolute Gasteiger partial charge is 0.195 e. The van der Waals surface area contributed by atoms with Crippen LogP contribution in [0.15, 0.2) is 89.7 Å². The Hall–Kier alpha value is -3.97. The Morgan fingerprint density at radius 3 is 1.04 bits per heavy atom. The Labute approximate surface area is 325 Å². The third-order valence-corrected chi connectivity index (χ3v) is 12.5. The summed E-state index contributed by atoms with van der Waals surface area (Å²) in [5, 5.41) is 7.66. The van der Waals surface area contributed by atoms with Crippen molar-refractivity contribution in [2.45, 2.75) is 155 Å². The average Bonchev–Trinajstić information content (AvgIpc) is 3.85. The summed E-state index contributed by atoms with van der Waals surface area (Å²) in [5.41, 5.74) is 9.04. The number of benzene rings is 4. The van der Waals surface area contributed by atoms with Gasteiger partial charge in [0.15, 0.2) is 5.43 Å². The molecule has 0 unspecified atom stereocenters. The molecule has 0 spiro atoms. The fourth-order valence-corrected chi connectivity index (χ4v) is 9.42. The highest BCUT2D eigenvalue weighted by Gasteiger charge is 2.31. The first-order valence-corrected chi connectivity index (χ1v) is 22.2. The van der Waals surface area contributed by atoms with Gasteiger partial charge < -0.3 is 0 Å². The summed E-state index contributed by atoms with van der Waals surface area (Å²) < 4.78 is 0. The van der Waals surface area contributed by atoms with E-state index in [1.165, 1.54) is 172 Å². The molecule has 54 heavy (non-hydrogen) atoms. The maximum atomic E-state index is 14.8. The minimum atomic E-state index is 0.171. The van der Waals surface area contributed by atoms with Gasteiger partial charge in [0.2, 0.25) is 0 Å². The number of rotatable bonds is 24. The molecule has 0 bridgehead atoms. The highest BCUT2D eigenvalue weighted by atomic mass is 16.1.